The van der Waals surface area contributed by atoms with Crippen LogP contribution in [0.25, 0.3) is 0 Å². The van der Waals surface area contributed by atoms with Crippen molar-refractivity contribution >= 4 is 21.6 Å². The first-order chi connectivity index (χ1) is 10.6. The Morgan fingerprint density at radius 2 is 1.78 bits per heavy atom. The summed E-state index contributed by atoms with van der Waals surface area (Å²) in [5, 5.41) is 2.85. The average Bonchev–Trinajstić information content (AvgIpc) is 2.50. The molecule has 6 nitrogen and oxygen atoms in total. The molecule has 7 heteroatoms. The van der Waals surface area contributed by atoms with Gasteiger partial charge in [0, 0.05) is 19.8 Å². The van der Waals surface area contributed by atoms with Gasteiger partial charge in [-0.3, -0.25) is 9.69 Å². The number of carbonyl (C=O) groups excluding carboxylic acids is 1. The molecule has 1 rings (SSSR count). The van der Waals surface area contributed by atoms with Crippen molar-refractivity contribution in [3.63, 3.8) is 0 Å². The van der Waals surface area contributed by atoms with E-state index in [4.69, 9.17) is 0 Å². The van der Waals surface area contributed by atoms with Gasteiger partial charge < -0.3 is 5.32 Å². The summed E-state index contributed by atoms with van der Waals surface area (Å²) in [7, 11) is -0.562. The number of amides is 1. The van der Waals surface area contributed by atoms with Gasteiger partial charge in [0.05, 0.1) is 10.9 Å². The first kappa shape index (κ1) is 19.6. The number of sulfonamides is 1. The lowest BCUT2D eigenvalue weighted by atomic mass is 10.2. The lowest BCUT2D eigenvalue weighted by molar-refractivity contribution is -0.120. The minimum absolute atomic E-state index is 0.142. The molecule has 0 spiro atoms. The minimum atomic E-state index is -3.53. The molecule has 0 aliphatic heterocycles. The highest BCUT2D eigenvalue weighted by atomic mass is 32.2. The fourth-order valence-electron chi connectivity index (χ4n) is 2.28. The maximum absolute atomic E-state index is 12.4. The zero-order valence-electron chi connectivity index (χ0n) is 14.8. The van der Waals surface area contributed by atoms with Gasteiger partial charge in [0.15, 0.2) is 0 Å². The Labute approximate surface area is 139 Å². The second-order valence-corrected chi connectivity index (χ2v) is 7.80. The number of anilines is 1. The summed E-state index contributed by atoms with van der Waals surface area (Å²) in [5.41, 5.74) is 1.35. The summed E-state index contributed by atoms with van der Waals surface area (Å²) >= 11 is 0. The van der Waals surface area contributed by atoms with Crippen molar-refractivity contribution in [2.75, 3.05) is 32.5 Å². The average molecular weight is 341 g/mol. The van der Waals surface area contributed by atoms with E-state index in [0.717, 1.165) is 23.0 Å². The molecule has 23 heavy (non-hydrogen) atoms. The molecule has 1 aromatic carbocycles. The van der Waals surface area contributed by atoms with E-state index >= 15 is 0 Å². The van der Waals surface area contributed by atoms with Gasteiger partial charge in [-0.15, -0.1) is 0 Å². The highest BCUT2D eigenvalue weighted by Gasteiger charge is 2.21. The van der Waals surface area contributed by atoms with Gasteiger partial charge in [0.25, 0.3) is 0 Å². The van der Waals surface area contributed by atoms with Crippen LogP contribution in [-0.2, 0) is 14.8 Å². The molecule has 1 amide bonds. The van der Waals surface area contributed by atoms with Gasteiger partial charge in [0.2, 0.25) is 15.9 Å². The number of likely N-dealkylation sites (N-methyl/N-ethyl adjacent to an activating group) is 1. The maximum atomic E-state index is 12.4. The second-order valence-electron chi connectivity index (χ2n) is 5.65. The highest BCUT2D eigenvalue weighted by Crippen LogP contribution is 2.22. The number of carbonyl (C=O) groups is 1. The largest absolute Gasteiger partial charge is 0.324 e. The van der Waals surface area contributed by atoms with Crippen LogP contribution >= 0.6 is 0 Å². The summed E-state index contributed by atoms with van der Waals surface area (Å²) in [4.78, 5) is 14.6. The smallest absolute Gasteiger partial charge is 0.242 e. The molecule has 0 aromatic heterocycles. The van der Waals surface area contributed by atoms with Gasteiger partial charge >= 0.3 is 0 Å². The Kier molecular flexibility index (Phi) is 6.73. The number of aryl methyl sites for hydroxylation is 1. The van der Waals surface area contributed by atoms with Crippen molar-refractivity contribution < 1.29 is 13.2 Å². The molecule has 0 saturated carbocycles. The van der Waals surface area contributed by atoms with Crippen LogP contribution in [0.1, 0.15) is 26.3 Å². The zero-order valence-corrected chi connectivity index (χ0v) is 15.6. The van der Waals surface area contributed by atoms with Crippen LogP contribution in [-0.4, -0.2) is 56.8 Å². The Morgan fingerprint density at radius 1 is 1.22 bits per heavy atom. The molecule has 0 heterocycles. The second kappa shape index (κ2) is 7.90. The highest BCUT2D eigenvalue weighted by molar-refractivity contribution is 7.89. The number of hydrogen-bond donors (Lipinski definition) is 1. The van der Waals surface area contributed by atoms with Crippen molar-refractivity contribution in [2.45, 2.75) is 38.6 Å². The van der Waals surface area contributed by atoms with Gasteiger partial charge in [-0.05, 0) is 44.6 Å². The third-order valence-corrected chi connectivity index (χ3v) is 5.80. The van der Waals surface area contributed by atoms with E-state index in [1.54, 1.807) is 12.1 Å². The Morgan fingerprint density at radius 3 is 2.26 bits per heavy atom. The van der Waals surface area contributed by atoms with E-state index in [1.165, 1.54) is 20.2 Å². The third kappa shape index (κ3) is 4.53. The molecule has 0 radical (unpaired) electrons. The topological polar surface area (TPSA) is 69.7 Å². The molecule has 1 atom stereocenters. The predicted octanol–water partition coefficient (Wildman–Crippen LogP) is 1.91. The molecule has 130 valence electrons. The number of rotatable bonds is 7. The normalized spacial score (nSPS) is 13.4. The molecular formula is C16H27N3O3S. The van der Waals surface area contributed by atoms with E-state index in [9.17, 15) is 13.2 Å². The van der Waals surface area contributed by atoms with Gasteiger partial charge in [-0.1, -0.05) is 19.9 Å². The van der Waals surface area contributed by atoms with E-state index in [-0.39, 0.29) is 16.8 Å². The van der Waals surface area contributed by atoms with Crippen LogP contribution in [0, 0.1) is 6.92 Å². The van der Waals surface area contributed by atoms with Crippen LogP contribution < -0.4 is 5.32 Å². The fraction of sp³-hybridized carbons (Fsp3) is 0.562. The number of hydrogen-bond acceptors (Lipinski definition) is 4. The van der Waals surface area contributed by atoms with Crippen molar-refractivity contribution in [3.8, 4) is 0 Å². The van der Waals surface area contributed by atoms with Crippen LogP contribution in [0.15, 0.2) is 23.1 Å². The van der Waals surface area contributed by atoms with E-state index < -0.39 is 10.0 Å². The molecule has 0 unspecified atom stereocenters. The lowest BCUT2D eigenvalue weighted by Crippen LogP contribution is -2.41. The Balaban J connectivity index is 3.08. The summed E-state index contributed by atoms with van der Waals surface area (Å²) in [6, 6.07) is 4.48. The standard InChI is InChI=1S/C16H27N3O3S/c1-7-19(8-2)13(4)16(20)17-15-11-14(10-9-12(15)3)23(21,22)18(5)6/h9-11,13H,7-8H2,1-6H3,(H,17,20)/t13-/m0/s1. The van der Waals surface area contributed by atoms with Gasteiger partial charge in [-0.2, -0.15) is 0 Å². The first-order valence-electron chi connectivity index (χ1n) is 7.73. The number of nitrogens with zero attached hydrogens (tertiary/aromatic N) is 2. The van der Waals surface area contributed by atoms with Crippen molar-refractivity contribution in [2.24, 2.45) is 0 Å². The Bertz CT molecular complexity index is 653. The van der Waals surface area contributed by atoms with Crippen LogP contribution in [0.3, 0.4) is 0 Å². The molecule has 0 aliphatic rings. The Hall–Kier alpha value is -1.44. The number of benzene rings is 1. The fourth-order valence-corrected chi connectivity index (χ4v) is 3.21. The maximum Gasteiger partial charge on any atom is 0.242 e. The van der Waals surface area contributed by atoms with E-state index in [0.29, 0.717) is 5.69 Å². The zero-order chi connectivity index (χ0) is 17.8. The van der Waals surface area contributed by atoms with Crippen molar-refractivity contribution in [1.29, 1.82) is 0 Å². The molecule has 0 saturated heterocycles. The molecule has 1 N–H and O–H groups in total. The minimum Gasteiger partial charge on any atom is -0.324 e. The van der Waals surface area contributed by atoms with Crippen LogP contribution in [0.4, 0.5) is 5.69 Å². The molecule has 0 bridgehead atoms. The monoisotopic (exact) mass is 341 g/mol. The lowest BCUT2D eigenvalue weighted by Gasteiger charge is -2.25. The van der Waals surface area contributed by atoms with Crippen molar-refractivity contribution in [3.05, 3.63) is 23.8 Å². The molecule has 1 aromatic rings. The third-order valence-electron chi connectivity index (χ3n) is 3.99. The quantitative estimate of drug-likeness (QED) is 0.822. The SMILES string of the molecule is CCN(CC)[C@@H](C)C(=O)Nc1cc(S(=O)(=O)N(C)C)ccc1C. The van der Waals surface area contributed by atoms with Crippen molar-refractivity contribution in [1.82, 2.24) is 9.21 Å². The molecular weight excluding hydrogens is 314 g/mol. The summed E-state index contributed by atoms with van der Waals surface area (Å²) in [6.07, 6.45) is 0. The molecule has 0 aliphatic carbocycles. The van der Waals surface area contributed by atoms with Gasteiger partial charge in [-0.25, -0.2) is 12.7 Å². The first-order valence-corrected chi connectivity index (χ1v) is 9.17. The van der Waals surface area contributed by atoms with Gasteiger partial charge in [0.1, 0.15) is 0 Å². The predicted molar refractivity (Wildman–Crippen MR) is 93.1 cm³/mol. The summed E-state index contributed by atoms with van der Waals surface area (Å²) in [5.74, 6) is -0.142. The summed E-state index contributed by atoms with van der Waals surface area (Å²) < 4.78 is 25.6. The summed E-state index contributed by atoms with van der Waals surface area (Å²) in [6.45, 7) is 9.24. The number of nitrogens with one attached hydrogen (secondary N) is 1. The van der Waals surface area contributed by atoms with E-state index in [2.05, 4.69) is 5.32 Å². The van der Waals surface area contributed by atoms with Crippen LogP contribution in [0.2, 0.25) is 0 Å². The van der Waals surface area contributed by atoms with E-state index in [1.807, 2.05) is 32.6 Å². The van der Waals surface area contributed by atoms with Crippen LogP contribution in [0.5, 0.6) is 0 Å². The molecule has 0 fully saturated rings.